The quantitative estimate of drug-likeness (QED) is 0.604. The number of H-pyrrole nitrogens is 1. The minimum Gasteiger partial charge on any atom is -0.358 e. The molecule has 1 N–H and O–H groups in total. The van der Waals surface area contributed by atoms with Crippen molar-refractivity contribution in [1.82, 2.24) is 4.98 Å². The monoisotopic (exact) mass is 206 g/mol. The Morgan fingerprint density at radius 1 is 1.43 bits per heavy atom. The number of hydrogen-bond acceptors (Lipinski definition) is 2. The molecule has 0 atom stereocenters. The molecule has 2 heterocycles. The molecular formula is C11H14N2S. The zero-order chi connectivity index (χ0) is 9.80. The fraction of sp³-hybridized carbons (Fsp3) is 0.455. The van der Waals surface area contributed by atoms with E-state index in [4.69, 9.17) is 6.42 Å². The summed E-state index contributed by atoms with van der Waals surface area (Å²) in [4.78, 5) is 5.77. The normalized spacial score (nSPS) is 15.8. The van der Waals surface area contributed by atoms with Crippen molar-refractivity contribution in [2.75, 3.05) is 23.7 Å². The second-order valence-corrected chi connectivity index (χ2v) is 4.41. The lowest BCUT2D eigenvalue weighted by Gasteiger charge is -2.14. The second kappa shape index (κ2) is 4.47. The Labute approximate surface area is 89.1 Å². The summed E-state index contributed by atoms with van der Waals surface area (Å²) in [5.74, 6) is 4.60. The van der Waals surface area contributed by atoms with Crippen LogP contribution < -0.4 is 4.90 Å². The highest BCUT2D eigenvalue weighted by Crippen LogP contribution is 2.23. The molecule has 0 aromatic carbocycles. The number of hydrogen-bond donors (Lipinski definition) is 1. The van der Waals surface area contributed by atoms with E-state index >= 15 is 0 Å². The average molecular weight is 206 g/mol. The molecule has 0 radical (unpaired) electrons. The van der Waals surface area contributed by atoms with Gasteiger partial charge in [0, 0.05) is 13.1 Å². The lowest BCUT2D eigenvalue weighted by molar-refractivity contribution is 0.935. The standard InChI is InChI=1S/C11H14N2S/c1-2-9-14-11-6-5-10(12-11)13-7-3-4-8-13/h1,5-6,12H,3-4,7-9H2. The molecule has 1 aromatic rings. The zero-order valence-corrected chi connectivity index (χ0v) is 8.94. The molecule has 2 rings (SSSR count). The van der Waals surface area contributed by atoms with Crippen LogP contribution in [-0.4, -0.2) is 23.8 Å². The first-order chi connectivity index (χ1) is 6.90. The van der Waals surface area contributed by atoms with Crippen LogP contribution >= 0.6 is 11.8 Å². The molecule has 1 saturated heterocycles. The summed E-state index contributed by atoms with van der Waals surface area (Å²) in [6.45, 7) is 2.36. The van der Waals surface area contributed by atoms with Crippen LogP contribution in [0.4, 0.5) is 5.82 Å². The van der Waals surface area contributed by atoms with Crippen molar-refractivity contribution in [1.29, 1.82) is 0 Å². The van der Waals surface area contributed by atoms with E-state index in [1.807, 2.05) is 0 Å². The Kier molecular flexibility index (Phi) is 3.05. The Morgan fingerprint density at radius 3 is 2.93 bits per heavy atom. The van der Waals surface area contributed by atoms with E-state index in [9.17, 15) is 0 Å². The number of terminal acetylenes is 1. The Bertz CT molecular complexity index is 331. The first-order valence-corrected chi connectivity index (χ1v) is 5.89. The smallest absolute Gasteiger partial charge is 0.106 e. The summed E-state index contributed by atoms with van der Waals surface area (Å²) >= 11 is 1.68. The highest BCUT2D eigenvalue weighted by atomic mass is 32.2. The van der Waals surface area contributed by atoms with Gasteiger partial charge in [-0.15, -0.1) is 6.42 Å². The minimum atomic E-state index is 0.736. The number of anilines is 1. The SMILES string of the molecule is C#CCSc1ccc(N2CCCC2)[nH]1. The van der Waals surface area contributed by atoms with E-state index in [0.717, 1.165) is 5.75 Å². The molecule has 74 valence electrons. The van der Waals surface area contributed by atoms with Gasteiger partial charge in [-0.05, 0) is 25.0 Å². The van der Waals surface area contributed by atoms with Gasteiger partial charge in [0.2, 0.25) is 0 Å². The van der Waals surface area contributed by atoms with Gasteiger partial charge in [0.1, 0.15) is 5.82 Å². The molecule has 14 heavy (non-hydrogen) atoms. The van der Waals surface area contributed by atoms with Crippen molar-refractivity contribution in [3.63, 3.8) is 0 Å². The van der Waals surface area contributed by atoms with E-state index in [-0.39, 0.29) is 0 Å². The van der Waals surface area contributed by atoms with Crippen molar-refractivity contribution in [3.05, 3.63) is 12.1 Å². The van der Waals surface area contributed by atoms with Crippen molar-refractivity contribution in [2.24, 2.45) is 0 Å². The number of nitrogens with zero attached hydrogens (tertiary/aromatic N) is 1. The van der Waals surface area contributed by atoms with Crippen LogP contribution in [-0.2, 0) is 0 Å². The van der Waals surface area contributed by atoms with E-state index in [0.29, 0.717) is 0 Å². The van der Waals surface area contributed by atoms with Crippen LogP contribution in [0.3, 0.4) is 0 Å². The molecule has 1 aliphatic heterocycles. The van der Waals surface area contributed by atoms with Crippen LogP contribution in [0.5, 0.6) is 0 Å². The van der Waals surface area contributed by atoms with Crippen LogP contribution in [0.15, 0.2) is 17.2 Å². The maximum absolute atomic E-state index is 5.21. The summed E-state index contributed by atoms with van der Waals surface area (Å²) in [5.41, 5.74) is 0. The number of aromatic nitrogens is 1. The van der Waals surface area contributed by atoms with Crippen LogP contribution in [0, 0.1) is 12.3 Å². The lowest BCUT2D eigenvalue weighted by Crippen LogP contribution is -2.17. The summed E-state index contributed by atoms with van der Waals surface area (Å²) < 4.78 is 0. The third-order valence-corrected chi connectivity index (χ3v) is 3.26. The highest BCUT2D eigenvalue weighted by Gasteiger charge is 2.13. The third-order valence-electron chi connectivity index (χ3n) is 2.40. The molecule has 0 saturated carbocycles. The highest BCUT2D eigenvalue weighted by molar-refractivity contribution is 7.99. The van der Waals surface area contributed by atoms with Gasteiger partial charge in [-0.25, -0.2) is 0 Å². The molecule has 0 spiro atoms. The van der Waals surface area contributed by atoms with Gasteiger partial charge in [0.25, 0.3) is 0 Å². The van der Waals surface area contributed by atoms with Crippen molar-refractivity contribution >= 4 is 17.6 Å². The largest absolute Gasteiger partial charge is 0.358 e. The molecule has 2 nitrogen and oxygen atoms in total. The first-order valence-electron chi connectivity index (χ1n) is 4.90. The summed E-state index contributed by atoms with van der Waals surface area (Å²) in [7, 11) is 0. The Hall–Kier alpha value is -1.01. The molecule has 3 heteroatoms. The van der Waals surface area contributed by atoms with Gasteiger partial charge in [-0.1, -0.05) is 17.7 Å². The van der Waals surface area contributed by atoms with Crippen LogP contribution in [0.25, 0.3) is 0 Å². The maximum atomic E-state index is 5.21. The predicted octanol–water partition coefficient (Wildman–Crippen LogP) is 2.34. The first kappa shape index (κ1) is 9.54. The van der Waals surface area contributed by atoms with Gasteiger partial charge in [-0.2, -0.15) is 0 Å². The summed E-state index contributed by atoms with van der Waals surface area (Å²) in [6, 6.07) is 4.25. The topological polar surface area (TPSA) is 19.0 Å². The number of nitrogens with one attached hydrogen (secondary N) is 1. The Balaban J connectivity index is 1.98. The molecule has 0 aliphatic carbocycles. The minimum absolute atomic E-state index is 0.736. The summed E-state index contributed by atoms with van der Waals surface area (Å²) in [5, 5.41) is 1.17. The molecular weight excluding hydrogens is 192 g/mol. The molecule has 1 aliphatic rings. The van der Waals surface area contributed by atoms with Crippen LogP contribution in [0.2, 0.25) is 0 Å². The second-order valence-electron chi connectivity index (χ2n) is 3.39. The molecule has 1 aromatic heterocycles. The van der Waals surface area contributed by atoms with Crippen molar-refractivity contribution < 1.29 is 0 Å². The number of aromatic amines is 1. The number of thioether (sulfide) groups is 1. The summed E-state index contributed by atoms with van der Waals surface area (Å²) in [6.07, 6.45) is 7.83. The van der Waals surface area contributed by atoms with Crippen LogP contribution in [0.1, 0.15) is 12.8 Å². The molecule has 0 bridgehead atoms. The predicted molar refractivity (Wildman–Crippen MR) is 61.8 cm³/mol. The van der Waals surface area contributed by atoms with E-state index < -0.39 is 0 Å². The van der Waals surface area contributed by atoms with E-state index in [1.165, 1.54) is 36.8 Å². The average Bonchev–Trinajstić information content (AvgIpc) is 2.85. The third kappa shape index (κ3) is 2.08. The van der Waals surface area contributed by atoms with E-state index in [2.05, 4.69) is 27.9 Å². The lowest BCUT2D eigenvalue weighted by atomic mass is 10.4. The van der Waals surface area contributed by atoms with Crippen molar-refractivity contribution in [3.8, 4) is 12.3 Å². The van der Waals surface area contributed by atoms with E-state index in [1.54, 1.807) is 11.8 Å². The fourth-order valence-corrected chi connectivity index (χ4v) is 2.29. The molecule has 1 fully saturated rings. The van der Waals surface area contributed by atoms with Gasteiger partial charge in [0.05, 0.1) is 10.8 Å². The van der Waals surface area contributed by atoms with Gasteiger partial charge in [0.15, 0.2) is 0 Å². The zero-order valence-electron chi connectivity index (χ0n) is 8.12. The molecule has 0 amide bonds. The molecule has 0 unspecified atom stereocenters. The maximum Gasteiger partial charge on any atom is 0.106 e. The Morgan fingerprint density at radius 2 is 2.21 bits per heavy atom. The fourth-order valence-electron chi connectivity index (χ4n) is 1.71. The van der Waals surface area contributed by atoms with Gasteiger partial charge < -0.3 is 9.88 Å². The van der Waals surface area contributed by atoms with Gasteiger partial charge >= 0.3 is 0 Å². The van der Waals surface area contributed by atoms with Crippen molar-refractivity contribution in [2.45, 2.75) is 17.9 Å². The number of rotatable bonds is 3. The van der Waals surface area contributed by atoms with Gasteiger partial charge in [-0.3, -0.25) is 0 Å².